The van der Waals surface area contributed by atoms with Crippen LogP contribution in [0, 0.1) is 12.3 Å². The Balaban J connectivity index is 0.00000341. The van der Waals surface area contributed by atoms with Crippen molar-refractivity contribution < 1.29 is 19.5 Å². The lowest BCUT2D eigenvalue weighted by Crippen LogP contribution is -2.55. The fourth-order valence-electron chi connectivity index (χ4n) is 3.29. The first-order valence-electron chi connectivity index (χ1n) is 9.79. The number of likely N-dealkylation sites (tertiary alicyclic amines) is 1. The smallest absolute Gasteiger partial charge is 0.275 e. The van der Waals surface area contributed by atoms with Crippen LogP contribution in [0.15, 0.2) is 29.8 Å². The van der Waals surface area contributed by atoms with Gasteiger partial charge in [-0.25, -0.2) is 4.98 Å². The Morgan fingerprint density at radius 2 is 1.97 bits per heavy atom. The maximum atomic E-state index is 12.8. The van der Waals surface area contributed by atoms with Gasteiger partial charge in [0.15, 0.2) is 5.75 Å². The van der Waals surface area contributed by atoms with Crippen molar-refractivity contribution in [2.45, 2.75) is 52.3 Å². The molecular weight excluding hydrogens is 440 g/mol. The molecule has 0 radical (unpaired) electrons. The predicted octanol–water partition coefficient (Wildman–Crippen LogP) is 2.29. The second kappa shape index (κ2) is 9.95. The van der Waals surface area contributed by atoms with Gasteiger partial charge in [0.05, 0.1) is 28.2 Å². The molecule has 3 rings (SSSR count). The summed E-state index contributed by atoms with van der Waals surface area (Å²) in [5, 5.41) is 10.0. The van der Waals surface area contributed by atoms with Crippen molar-refractivity contribution >= 4 is 35.6 Å². The van der Waals surface area contributed by atoms with Gasteiger partial charge in [0.2, 0.25) is 5.91 Å². The van der Waals surface area contributed by atoms with Gasteiger partial charge in [-0.05, 0) is 42.2 Å². The van der Waals surface area contributed by atoms with E-state index in [2.05, 4.69) is 10.5 Å². The molecule has 4 N–H and O–H groups in total. The lowest BCUT2D eigenvalue weighted by Gasteiger charge is -2.32. The van der Waals surface area contributed by atoms with Crippen molar-refractivity contribution in [1.29, 1.82) is 0 Å². The molecular formula is C21H29ClN4O4S. The third-order valence-electron chi connectivity index (χ3n) is 5.20. The summed E-state index contributed by atoms with van der Waals surface area (Å²) in [6.07, 6.45) is -0.639. The summed E-state index contributed by atoms with van der Waals surface area (Å²) in [6.45, 7) is 7.60. The molecule has 2 aromatic rings. The average molecular weight is 469 g/mol. The van der Waals surface area contributed by atoms with Crippen molar-refractivity contribution in [1.82, 2.24) is 15.4 Å². The van der Waals surface area contributed by atoms with Gasteiger partial charge >= 0.3 is 0 Å². The highest BCUT2D eigenvalue weighted by Gasteiger charge is 2.42. The monoisotopic (exact) mass is 468 g/mol. The molecule has 1 aromatic carbocycles. The van der Waals surface area contributed by atoms with Gasteiger partial charge in [0.25, 0.3) is 5.91 Å². The second-order valence-electron chi connectivity index (χ2n) is 8.60. The number of aliphatic hydroxyl groups is 1. The maximum Gasteiger partial charge on any atom is 0.275 e. The molecule has 0 saturated carbocycles. The molecule has 170 valence electrons. The standard InChI is InChI=1S/C21H28N4O4S.ClH/c1-12-17(30-11-23-12)13-5-7-15(8-6-13)29-24-19(27)16-9-14(26)10-25(16)20(28)18(22)21(2,3)4;/h5-8,11,14,16,18,26H,9-10,22H2,1-4H3,(H,24,27);1H/t14-,16+,18-;/m1./s1. The lowest BCUT2D eigenvalue weighted by molar-refractivity contribution is -0.143. The molecule has 8 nitrogen and oxygen atoms in total. The summed E-state index contributed by atoms with van der Waals surface area (Å²) in [5.74, 6) is -0.399. The van der Waals surface area contributed by atoms with Gasteiger partial charge in [-0.1, -0.05) is 20.8 Å². The number of carbonyl (C=O) groups is 2. The minimum absolute atomic E-state index is 0. The Morgan fingerprint density at radius 3 is 2.52 bits per heavy atom. The van der Waals surface area contributed by atoms with E-state index in [9.17, 15) is 14.7 Å². The van der Waals surface area contributed by atoms with Crippen LogP contribution in [-0.2, 0) is 9.59 Å². The number of hydrogen-bond acceptors (Lipinski definition) is 7. The zero-order chi connectivity index (χ0) is 22.1. The first-order valence-corrected chi connectivity index (χ1v) is 10.7. The van der Waals surface area contributed by atoms with E-state index in [1.165, 1.54) is 4.90 Å². The van der Waals surface area contributed by atoms with Crippen molar-refractivity contribution in [2.75, 3.05) is 6.54 Å². The molecule has 31 heavy (non-hydrogen) atoms. The van der Waals surface area contributed by atoms with Crippen LogP contribution in [0.1, 0.15) is 32.9 Å². The first kappa shape index (κ1) is 25.1. The summed E-state index contributed by atoms with van der Waals surface area (Å²) < 4.78 is 0. The van der Waals surface area contributed by atoms with E-state index < -0.39 is 29.5 Å². The number of benzene rings is 1. The first-order chi connectivity index (χ1) is 14.1. The van der Waals surface area contributed by atoms with E-state index >= 15 is 0 Å². The van der Waals surface area contributed by atoms with Crippen LogP contribution >= 0.6 is 23.7 Å². The molecule has 0 unspecified atom stereocenters. The number of rotatable bonds is 5. The number of thiazole rings is 1. The van der Waals surface area contributed by atoms with Crippen LogP contribution in [-0.4, -0.2) is 51.5 Å². The number of aryl methyl sites for hydroxylation is 1. The number of β-amino-alcohol motifs (C(OH)–C–C–N with tert-alkyl or cyclic N) is 1. The minimum atomic E-state index is -0.833. The largest absolute Gasteiger partial charge is 0.391 e. The third-order valence-corrected chi connectivity index (χ3v) is 6.17. The fourth-order valence-corrected chi connectivity index (χ4v) is 4.10. The van der Waals surface area contributed by atoms with E-state index in [1.54, 1.807) is 29.0 Å². The van der Waals surface area contributed by atoms with Crippen molar-refractivity contribution in [3.05, 3.63) is 35.5 Å². The average Bonchev–Trinajstić information content (AvgIpc) is 3.30. The number of hydroxylamine groups is 1. The predicted molar refractivity (Wildman–Crippen MR) is 122 cm³/mol. The number of amides is 2. The van der Waals surface area contributed by atoms with Crippen molar-refractivity contribution in [3.63, 3.8) is 0 Å². The Labute approximate surface area is 192 Å². The Hall–Kier alpha value is -2.20. The van der Waals surface area contributed by atoms with Crippen molar-refractivity contribution in [2.24, 2.45) is 11.1 Å². The SMILES string of the molecule is Cc1ncsc1-c1ccc(ONC(=O)[C@@H]2C[C@@H](O)CN2C(=O)[C@@H](N)C(C)(C)C)cc1.Cl. The zero-order valence-corrected chi connectivity index (χ0v) is 19.6. The van der Waals surface area contributed by atoms with Crippen LogP contribution in [0.25, 0.3) is 10.4 Å². The second-order valence-corrected chi connectivity index (χ2v) is 9.45. The number of nitrogens with two attached hydrogens (primary N) is 1. The number of nitrogens with one attached hydrogen (secondary N) is 1. The van der Waals surface area contributed by atoms with Crippen molar-refractivity contribution in [3.8, 4) is 16.2 Å². The van der Waals surface area contributed by atoms with E-state index in [-0.39, 0.29) is 31.3 Å². The molecule has 0 aliphatic carbocycles. The molecule has 1 aliphatic rings. The van der Waals surface area contributed by atoms with Crippen LogP contribution in [0.4, 0.5) is 0 Å². The highest BCUT2D eigenvalue weighted by Crippen LogP contribution is 2.29. The van der Waals surface area contributed by atoms with Crippen LogP contribution in [0.5, 0.6) is 5.75 Å². The van der Waals surface area contributed by atoms with Gasteiger partial charge < -0.3 is 20.6 Å². The lowest BCUT2D eigenvalue weighted by atomic mass is 9.86. The molecule has 1 saturated heterocycles. The van der Waals surface area contributed by atoms with Crippen LogP contribution < -0.4 is 16.1 Å². The fraction of sp³-hybridized carbons (Fsp3) is 0.476. The minimum Gasteiger partial charge on any atom is -0.391 e. The van der Waals surface area contributed by atoms with Gasteiger partial charge in [0.1, 0.15) is 6.04 Å². The molecule has 0 bridgehead atoms. The Kier molecular flexibility index (Phi) is 8.04. The van der Waals surface area contributed by atoms with Gasteiger partial charge in [0, 0.05) is 13.0 Å². The number of aliphatic hydroxyl groups excluding tert-OH is 1. The highest BCUT2D eigenvalue weighted by molar-refractivity contribution is 7.13. The van der Waals surface area contributed by atoms with E-state index in [1.807, 2.05) is 39.8 Å². The number of nitrogens with zero attached hydrogens (tertiary/aromatic N) is 2. The number of carbonyl (C=O) groups excluding carboxylic acids is 2. The summed E-state index contributed by atoms with van der Waals surface area (Å²) in [7, 11) is 0. The molecule has 10 heteroatoms. The van der Waals surface area contributed by atoms with Crippen LogP contribution in [0.2, 0.25) is 0 Å². The maximum absolute atomic E-state index is 12.8. The van der Waals surface area contributed by atoms with E-state index in [0.717, 1.165) is 16.1 Å². The number of aromatic nitrogens is 1. The molecule has 2 amide bonds. The summed E-state index contributed by atoms with van der Waals surface area (Å²) in [5.41, 5.74) is 11.8. The van der Waals surface area contributed by atoms with Gasteiger partial charge in [-0.3, -0.25) is 9.59 Å². The quantitative estimate of drug-likeness (QED) is 0.579. The van der Waals surface area contributed by atoms with E-state index in [0.29, 0.717) is 5.75 Å². The van der Waals surface area contributed by atoms with Gasteiger partial charge in [-0.2, -0.15) is 5.48 Å². The van der Waals surface area contributed by atoms with E-state index in [4.69, 9.17) is 10.6 Å². The number of halogens is 1. The molecule has 2 heterocycles. The number of hydrogen-bond donors (Lipinski definition) is 3. The molecule has 1 fully saturated rings. The Morgan fingerprint density at radius 1 is 1.32 bits per heavy atom. The van der Waals surface area contributed by atoms with Crippen LogP contribution in [0.3, 0.4) is 0 Å². The summed E-state index contributed by atoms with van der Waals surface area (Å²) >= 11 is 1.56. The van der Waals surface area contributed by atoms with Gasteiger partial charge in [-0.15, -0.1) is 23.7 Å². The Bertz CT molecular complexity index is 913. The summed E-state index contributed by atoms with van der Waals surface area (Å²) in [4.78, 5) is 37.5. The molecule has 0 spiro atoms. The normalized spacial score (nSPS) is 19.5. The molecule has 3 atom stereocenters. The third kappa shape index (κ3) is 5.74. The highest BCUT2D eigenvalue weighted by atomic mass is 35.5. The summed E-state index contributed by atoms with van der Waals surface area (Å²) in [6, 6.07) is 5.66. The topological polar surface area (TPSA) is 118 Å². The molecule has 1 aromatic heterocycles. The zero-order valence-electron chi connectivity index (χ0n) is 18.0. The molecule has 1 aliphatic heterocycles.